The van der Waals surface area contributed by atoms with Gasteiger partial charge in [0.2, 0.25) is 0 Å². The number of aromatic nitrogens is 3. The van der Waals surface area contributed by atoms with Crippen LogP contribution in [-0.4, -0.2) is 15.0 Å². The minimum atomic E-state index is 0.120. The summed E-state index contributed by atoms with van der Waals surface area (Å²) < 4.78 is 0. The minimum Gasteiger partial charge on any atom is -0.313 e. The van der Waals surface area contributed by atoms with E-state index in [0.717, 1.165) is 47.7 Å². The molecule has 0 fully saturated rings. The summed E-state index contributed by atoms with van der Waals surface area (Å²) in [6.07, 6.45) is 19.2. The summed E-state index contributed by atoms with van der Waals surface area (Å²) >= 11 is 0. The highest BCUT2D eigenvalue weighted by molar-refractivity contribution is 6.06. The maximum atomic E-state index is 5.23. The predicted octanol–water partition coefficient (Wildman–Crippen LogP) is 13.2. The fourth-order valence-electron chi connectivity index (χ4n) is 9.43. The van der Waals surface area contributed by atoms with Crippen LogP contribution in [0.15, 0.2) is 199 Å². The highest BCUT2D eigenvalue weighted by Crippen LogP contribution is 2.59. The standard InChI is InChI=1S/C53H40N4/c1-5-18-35(19-6-1)45-33-47-49(43-30-15-13-28-41(43)45)50-44-31-16-14-29-42(44)46(36-20-7-2-8-21-36)34-48(50)57(47)40-27-17-26-39(32-40)53-55-51(37-22-9-3-10-23-37)54-52(56-53)38-24-11-4-12-25-38/h1-11,13-23,26-34,38,43,49H,12,24-25H2. The molecule has 3 unspecified atom stereocenters. The van der Waals surface area contributed by atoms with E-state index in [2.05, 4.69) is 187 Å². The van der Waals surface area contributed by atoms with Crippen molar-refractivity contribution in [2.24, 2.45) is 5.92 Å². The number of hydrogen-bond donors (Lipinski definition) is 0. The average Bonchev–Trinajstić information content (AvgIpc) is 3.64. The second-order valence-electron chi connectivity index (χ2n) is 15.4. The number of fused-ring (bicyclic) bond motifs is 7. The SMILES string of the molecule is C1=CC2=C(c3ccccc3)C=C3C(c4c(cc(-c5ccccc5)c5ccccc45)N3c3cccc(-c4nc(-c5ccccc5)nc(C5CC=CCC5)n4)c3)C2C=C1. The van der Waals surface area contributed by atoms with Crippen LogP contribution in [0, 0.1) is 5.92 Å². The lowest BCUT2D eigenvalue weighted by Crippen LogP contribution is -2.23. The van der Waals surface area contributed by atoms with Gasteiger partial charge in [-0.05, 0) is 87.7 Å². The van der Waals surface area contributed by atoms with Gasteiger partial charge in [-0.2, -0.15) is 0 Å². The topological polar surface area (TPSA) is 41.9 Å². The zero-order chi connectivity index (χ0) is 37.7. The molecular weight excluding hydrogens is 693 g/mol. The van der Waals surface area contributed by atoms with Gasteiger partial charge in [0, 0.05) is 40.3 Å². The fourth-order valence-corrected chi connectivity index (χ4v) is 9.43. The molecule has 0 bridgehead atoms. The highest BCUT2D eigenvalue weighted by atomic mass is 15.2. The van der Waals surface area contributed by atoms with Gasteiger partial charge in [-0.15, -0.1) is 0 Å². The number of nitrogens with zero attached hydrogens (tertiary/aromatic N) is 4. The molecule has 4 heteroatoms. The molecule has 0 N–H and O–H groups in total. The smallest absolute Gasteiger partial charge is 0.163 e. The van der Waals surface area contributed by atoms with Crippen molar-refractivity contribution in [1.29, 1.82) is 0 Å². The largest absolute Gasteiger partial charge is 0.313 e. The van der Waals surface area contributed by atoms with Gasteiger partial charge in [0.1, 0.15) is 5.82 Å². The summed E-state index contributed by atoms with van der Waals surface area (Å²) in [5.74, 6) is 2.86. The first-order valence-corrected chi connectivity index (χ1v) is 20.1. The van der Waals surface area contributed by atoms with Crippen molar-refractivity contribution in [3.8, 4) is 33.9 Å². The lowest BCUT2D eigenvalue weighted by molar-refractivity contribution is 0.581. The molecule has 11 rings (SSSR count). The second kappa shape index (κ2) is 14.0. The van der Waals surface area contributed by atoms with Gasteiger partial charge in [0.15, 0.2) is 11.6 Å². The second-order valence-corrected chi connectivity index (χ2v) is 15.4. The first-order chi connectivity index (χ1) is 28.3. The van der Waals surface area contributed by atoms with Crippen molar-refractivity contribution in [3.05, 3.63) is 216 Å². The highest BCUT2D eigenvalue weighted by Gasteiger charge is 2.44. The molecule has 1 aromatic heterocycles. The minimum absolute atomic E-state index is 0.120. The lowest BCUT2D eigenvalue weighted by atomic mass is 9.71. The number of benzene rings is 6. The predicted molar refractivity (Wildman–Crippen MR) is 234 cm³/mol. The molecule has 0 saturated carbocycles. The van der Waals surface area contributed by atoms with Crippen molar-refractivity contribution in [1.82, 2.24) is 15.0 Å². The first-order valence-electron chi connectivity index (χ1n) is 20.1. The maximum Gasteiger partial charge on any atom is 0.163 e. The molecule has 7 aromatic rings. The molecule has 0 spiro atoms. The third kappa shape index (κ3) is 5.79. The first kappa shape index (κ1) is 33.4. The molecule has 3 atom stereocenters. The van der Waals surface area contributed by atoms with E-state index in [9.17, 15) is 0 Å². The summed E-state index contributed by atoms with van der Waals surface area (Å²) in [7, 11) is 0. The van der Waals surface area contributed by atoms with Crippen LogP contribution < -0.4 is 4.90 Å². The van der Waals surface area contributed by atoms with Crippen LogP contribution >= 0.6 is 0 Å². The molecule has 57 heavy (non-hydrogen) atoms. The van der Waals surface area contributed by atoms with Gasteiger partial charge in [0.25, 0.3) is 0 Å². The Morgan fingerprint density at radius 2 is 1.26 bits per heavy atom. The van der Waals surface area contributed by atoms with Crippen LogP contribution in [-0.2, 0) is 0 Å². The van der Waals surface area contributed by atoms with Gasteiger partial charge in [0.05, 0.1) is 5.69 Å². The van der Waals surface area contributed by atoms with E-state index >= 15 is 0 Å². The Balaban J connectivity index is 1.14. The van der Waals surface area contributed by atoms with E-state index in [1.807, 2.05) is 6.07 Å². The molecule has 4 nitrogen and oxygen atoms in total. The van der Waals surface area contributed by atoms with Crippen LogP contribution in [0.2, 0.25) is 0 Å². The Bertz CT molecular complexity index is 2830. The summed E-state index contributed by atoms with van der Waals surface area (Å²) in [5.41, 5.74) is 13.2. The molecule has 0 amide bonds. The monoisotopic (exact) mass is 732 g/mol. The van der Waals surface area contributed by atoms with Crippen molar-refractivity contribution in [3.63, 3.8) is 0 Å². The molecule has 1 aliphatic heterocycles. The Kier molecular flexibility index (Phi) is 8.20. The number of hydrogen-bond acceptors (Lipinski definition) is 4. The lowest BCUT2D eigenvalue weighted by Gasteiger charge is -2.34. The molecule has 4 aliphatic rings. The van der Waals surface area contributed by atoms with Gasteiger partial charge in [-0.3, -0.25) is 0 Å². The summed E-state index contributed by atoms with van der Waals surface area (Å²) in [5, 5.41) is 2.57. The van der Waals surface area contributed by atoms with Crippen LogP contribution in [0.4, 0.5) is 11.4 Å². The molecule has 3 aliphatic carbocycles. The van der Waals surface area contributed by atoms with Gasteiger partial charge >= 0.3 is 0 Å². The molecule has 2 heterocycles. The molecule has 0 radical (unpaired) electrons. The Hall–Kier alpha value is -6.91. The van der Waals surface area contributed by atoms with E-state index < -0.39 is 0 Å². The number of anilines is 2. The van der Waals surface area contributed by atoms with Crippen LogP contribution in [0.5, 0.6) is 0 Å². The summed E-state index contributed by atoms with van der Waals surface area (Å²) in [6.45, 7) is 0. The van der Waals surface area contributed by atoms with E-state index in [4.69, 9.17) is 15.0 Å². The van der Waals surface area contributed by atoms with Crippen LogP contribution in [0.25, 0.3) is 50.2 Å². The quantitative estimate of drug-likeness (QED) is 0.160. The Labute approximate surface area is 333 Å². The normalized spacial score (nSPS) is 19.3. The number of rotatable bonds is 6. The van der Waals surface area contributed by atoms with Gasteiger partial charge in [-0.25, -0.2) is 15.0 Å². The fraction of sp³-hybridized carbons (Fsp3) is 0.113. The summed E-state index contributed by atoms with van der Waals surface area (Å²) in [6, 6.07) is 52.3. The van der Waals surface area contributed by atoms with Crippen molar-refractivity contribution in [2.75, 3.05) is 4.90 Å². The van der Waals surface area contributed by atoms with E-state index in [1.165, 1.54) is 55.6 Å². The third-order valence-electron chi connectivity index (χ3n) is 12.1. The van der Waals surface area contributed by atoms with Crippen molar-refractivity contribution in [2.45, 2.75) is 31.1 Å². The molecule has 6 aromatic carbocycles. The molecular formula is C53H40N4. The zero-order valence-corrected chi connectivity index (χ0v) is 31.5. The van der Waals surface area contributed by atoms with Gasteiger partial charge in [-0.1, -0.05) is 164 Å². The zero-order valence-electron chi connectivity index (χ0n) is 31.5. The maximum absolute atomic E-state index is 5.23. The van der Waals surface area contributed by atoms with E-state index in [0.29, 0.717) is 5.82 Å². The van der Waals surface area contributed by atoms with Crippen molar-refractivity contribution < 1.29 is 0 Å². The Morgan fingerprint density at radius 1 is 0.579 bits per heavy atom. The molecule has 272 valence electrons. The van der Waals surface area contributed by atoms with E-state index in [1.54, 1.807) is 0 Å². The number of allylic oxidation sites excluding steroid dienone is 10. The van der Waals surface area contributed by atoms with E-state index in [-0.39, 0.29) is 17.8 Å². The summed E-state index contributed by atoms with van der Waals surface area (Å²) in [4.78, 5) is 18.0. The average molecular weight is 733 g/mol. The van der Waals surface area contributed by atoms with Crippen LogP contribution in [0.1, 0.15) is 48.0 Å². The van der Waals surface area contributed by atoms with Crippen molar-refractivity contribution >= 4 is 27.7 Å². The van der Waals surface area contributed by atoms with Gasteiger partial charge < -0.3 is 4.90 Å². The molecule has 0 saturated heterocycles. The third-order valence-corrected chi connectivity index (χ3v) is 12.1. The van der Waals surface area contributed by atoms with Crippen LogP contribution in [0.3, 0.4) is 0 Å². The Morgan fingerprint density at radius 3 is 2.02 bits per heavy atom.